The molecule has 1 amide bonds. The maximum atomic E-state index is 11.2. The van der Waals surface area contributed by atoms with Crippen LogP contribution in [0.4, 0.5) is 0 Å². The standard InChI is InChI=1S/C11H24N2O/c1-9(2)10(3)12-8-6-7-11(14)13(4)5/h9-10,12H,6-8H2,1-5H3. The Labute approximate surface area is 87.9 Å². The molecule has 0 aliphatic heterocycles. The van der Waals surface area contributed by atoms with Gasteiger partial charge in [-0.1, -0.05) is 13.8 Å². The van der Waals surface area contributed by atoms with Crippen molar-refractivity contribution in [2.24, 2.45) is 5.92 Å². The second kappa shape index (κ2) is 6.82. The molecule has 84 valence electrons. The van der Waals surface area contributed by atoms with E-state index in [-0.39, 0.29) is 5.91 Å². The van der Waals surface area contributed by atoms with E-state index in [1.165, 1.54) is 0 Å². The number of carbonyl (C=O) groups is 1. The summed E-state index contributed by atoms with van der Waals surface area (Å²) in [5, 5.41) is 3.41. The van der Waals surface area contributed by atoms with E-state index in [4.69, 9.17) is 0 Å². The van der Waals surface area contributed by atoms with E-state index in [9.17, 15) is 4.79 Å². The van der Waals surface area contributed by atoms with Crippen LogP contribution in [0.3, 0.4) is 0 Å². The van der Waals surface area contributed by atoms with Crippen molar-refractivity contribution in [3.05, 3.63) is 0 Å². The van der Waals surface area contributed by atoms with Gasteiger partial charge >= 0.3 is 0 Å². The predicted molar refractivity (Wildman–Crippen MR) is 60.2 cm³/mol. The molecule has 1 N–H and O–H groups in total. The molecule has 14 heavy (non-hydrogen) atoms. The Morgan fingerprint density at radius 3 is 2.29 bits per heavy atom. The molecular formula is C11H24N2O. The van der Waals surface area contributed by atoms with Gasteiger partial charge in [-0.05, 0) is 25.8 Å². The van der Waals surface area contributed by atoms with E-state index in [1.54, 1.807) is 19.0 Å². The summed E-state index contributed by atoms with van der Waals surface area (Å²) >= 11 is 0. The molecule has 0 bridgehead atoms. The predicted octanol–water partition coefficient (Wildman–Crippen LogP) is 1.49. The first-order chi connectivity index (χ1) is 6.45. The molecule has 0 spiro atoms. The fourth-order valence-corrected chi connectivity index (χ4v) is 1.03. The number of nitrogens with zero attached hydrogens (tertiary/aromatic N) is 1. The van der Waals surface area contributed by atoms with Crippen LogP contribution in [0.5, 0.6) is 0 Å². The molecule has 0 aromatic heterocycles. The summed E-state index contributed by atoms with van der Waals surface area (Å²) in [7, 11) is 3.60. The zero-order valence-corrected chi connectivity index (χ0v) is 10.1. The highest BCUT2D eigenvalue weighted by Gasteiger charge is 2.06. The quantitative estimate of drug-likeness (QED) is 0.659. The maximum absolute atomic E-state index is 11.2. The van der Waals surface area contributed by atoms with Gasteiger partial charge in [0.05, 0.1) is 0 Å². The van der Waals surface area contributed by atoms with Gasteiger partial charge in [0.25, 0.3) is 0 Å². The van der Waals surface area contributed by atoms with Crippen LogP contribution >= 0.6 is 0 Å². The lowest BCUT2D eigenvalue weighted by molar-refractivity contribution is -0.128. The normalized spacial score (nSPS) is 13.0. The van der Waals surface area contributed by atoms with E-state index in [2.05, 4.69) is 26.1 Å². The lowest BCUT2D eigenvalue weighted by Gasteiger charge is -2.17. The molecule has 0 saturated carbocycles. The topological polar surface area (TPSA) is 32.3 Å². The highest BCUT2D eigenvalue weighted by Crippen LogP contribution is 2.00. The van der Waals surface area contributed by atoms with Gasteiger partial charge in [0.1, 0.15) is 0 Å². The van der Waals surface area contributed by atoms with Gasteiger partial charge in [0.2, 0.25) is 5.91 Å². The van der Waals surface area contributed by atoms with Crippen molar-refractivity contribution < 1.29 is 4.79 Å². The number of rotatable bonds is 6. The molecule has 0 aromatic carbocycles. The first kappa shape index (κ1) is 13.4. The van der Waals surface area contributed by atoms with Crippen molar-refractivity contribution in [2.45, 2.75) is 39.7 Å². The molecule has 0 aliphatic carbocycles. The molecule has 0 saturated heterocycles. The van der Waals surface area contributed by atoms with Gasteiger partial charge in [0.15, 0.2) is 0 Å². The molecule has 0 aliphatic rings. The highest BCUT2D eigenvalue weighted by molar-refractivity contribution is 5.75. The van der Waals surface area contributed by atoms with E-state index in [0.29, 0.717) is 18.4 Å². The molecule has 3 heteroatoms. The zero-order chi connectivity index (χ0) is 11.1. The van der Waals surface area contributed by atoms with Gasteiger partial charge in [-0.15, -0.1) is 0 Å². The Morgan fingerprint density at radius 2 is 1.86 bits per heavy atom. The van der Waals surface area contributed by atoms with E-state index in [1.807, 2.05) is 0 Å². The average molecular weight is 200 g/mol. The first-order valence-corrected chi connectivity index (χ1v) is 5.38. The molecule has 3 nitrogen and oxygen atoms in total. The second-order valence-electron chi connectivity index (χ2n) is 4.38. The number of hydrogen-bond donors (Lipinski definition) is 1. The molecule has 0 fully saturated rings. The van der Waals surface area contributed by atoms with E-state index < -0.39 is 0 Å². The van der Waals surface area contributed by atoms with Gasteiger partial charge in [0, 0.05) is 26.6 Å². The minimum atomic E-state index is 0.212. The summed E-state index contributed by atoms with van der Waals surface area (Å²) in [4.78, 5) is 12.9. The molecule has 0 rings (SSSR count). The van der Waals surface area contributed by atoms with Crippen LogP contribution in [0.2, 0.25) is 0 Å². The zero-order valence-electron chi connectivity index (χ0n) is 10.1. The van der Waals surface area contributed by atoms with Gasteiger partial charge in [-0.2, -0.15) is 0 Å². The molecule has 0 radical (unpaired) electrons. The summed E-state index contributed by atoms with van der Waals surface area (Å²) < 4.78 is 0. The van der Waals surface area contributed by atoms with Gasteiger partial charge in [-0.25, -0.2) is 0 Å². The third-order valence-corrected chi connectivity index (χ3v) is 2.53. The largest absolute Gasteiger partial charge is 0.349 e. The number of amides is 1. The summed E-state index contributed by atoms with van der Waals surface area (Å²) in [6, 6.07) is 0.532. The van der Waals surface area contributed by atoms with Crippen molar-refractivity contribution in [3.63, 3.8) is 0 Å². The highest BCUT2D eigenvalue weighted by atomic mass is 16.2. The van der Waals surface area contributed by atoms with Crippen molar-refractivity contribution in [2.75, 3.05) is 20.6 Å². The number of carbonyl (C=O) groups excluding carboxylic acids is 1. The Kier molecular flexibility index (Phi) is 6.54. The SMILES string of the molecule is CC(C)C(C)NCCCC(=O)N(C)C. The fourth-order valence-electron chi connectivity index (χ4n) is 1.03. The fraction of sp³-hybridized carbons (Fsp3) is 0.909. The number of hydrogen-bond acceptors (Lipinski definition) is 2. The Bertz CT molecular complexity index is 167. The third-order valence-electron chi connectivity index (χ3n) is 2.53. The Morgan fingerprint density at radius 1 is 1.29 bits per heavy atom. The molecular weight excluding hydrogens is 176 g/mol. The Balaban J connectivity index is 3.43. The minimum Gasteiger partial charge on any atom is -0.349 e. The lowest BCUT2D eigenvalue weighted by atomic mass is 10.1. The van der Waals surface area contributed by atoms with Crippen molar-refractivity contribution >= 4 is 5.91 Å². The van der Waals surface area contributed by atoms with Crippen molar-refractivity contribution in [3.8, 4) is 0 Å². The van der Waals surface area contributed by atoms with Crippen molar-refractivity contribution in [1.82, 2.24) is 10.2 Å². The summed E-state index contributed by atoms with van der Waals surface area (Å²) in [5.41, 5.74) is 0. The Hall–Kier alpha value is -0.570. The monoisotopic (exact) mass is 200 g/mol. The smallest absolute Gasteiger partial charge is 0.222 e. The summed E-state index contributed by atoms with van der Waals surface area (Å²) in [6.45, 7) is 7.50. The molecule has 1 atom stereocenters. The lowest BCUT2D eigenvalue weighted by Crippen LogP contribution is -2.32. The molecule has 0 aromatic rings. The molecule has 0 heterocycles. The first-order valence-electron chi connectivity index (χ1n) is 5.38. The van der Waals surface area contributed by atoms with Crippen LogP contribution in [0, 0.1) is 5.92 Å². The maximum Gasteiger partial charge on any atom is 0.222 e. The van der Waals surface area contributed by atoms with Crippen LogP contribution < -0.4 is 5.32 Å². The van der Waals surface area contributed by atoms with Crippen LogP contribution in [0.25, 0.3) is 0 Å². The average Bonchev–Trinajstić information content (AvgIpc) is 2.11. The van der Waals surface area contributed by atoms with Crippen LogP contribution in [-0.2, 0) is 4.79 Å². The minimum absolute atomic E-state index is 0.212. The van der Waals surface area contributed by atoms with Gasteiger partial charge in [-0.3, -0.25) is 4.79 Å². The van der Waals surface area contributed by atoms with Crippen LogP contribution in [-0.4, -0.2) is 37.5 Å². The van der Waals surface area contributed by atoms with Crippen LogP contribution in [0.1, 0.15) is 33.6 Å². The third kappa shape index (κ3) is 5.97. The second-order valence-corrected chi connectivity index (χ2v) is 4.38. The van der Waals surface area contributed by atoms with E-state index in [0.717, 1.165) is 13.0 Å². The van der Waals surface area contributed by atoms with E-state index >= 15 is 0 Å². The molecule has 1 unspecified atom stereocenters. The van der Waals surface area contributed by atoms with Crippen LogP contribution in [0.15, 0.2) is 0 Å². The van der Waals surface area contributed by atoms with Gasteiger partial charge < -0.3 is 10.2 Å². The van der Waals surface area contributed by atoms with Crippen molar-refractivity contribution in [1.29, 1.82) is 0 Å². The summed E-state index contributed by atoms with van der Waals surface area (Å²) in [5.74, 6) is 0.864. The number of nitrogens with one attached hydrogen (secondary N) is 1. The summed E-state index contributed by atoms with van der Waals surface area (Å²) in [6.07, 6.45) is 1.57.